The summed E-state index contributed by atoms with van der Waals surface area (Å²) in [4.78, 5) is 23.8. The molecule has 0 unspecified atom stereocenters. The highest BCUT2D eigenvalue weighted by Gasteiger charge is 2.15. The Kier molecular flexibility index (Phi) is 4.28. The lowest BCUT2D eigenvalue weighted by atomic mass is 10.1. The quantitative estimate of drug-likeness (QED) is 0.916. The molecule has 2 aromatic carbocycles. The van der Waals surface area contributed by atoms with Crippen molar-refractivity contribution in [1.82, 2.24) is 0 Å². The van der Waals surface area contributed by atoms with Crippen LogP contribution >= 0.6 is 0 Å². The molecular weight excluding hydrogens is 292 g/mol. The maximum Gasteiger partial charge on any atom is 0.228 e. The molecule has 1 aliphatic heterocycles. The van der Waals surface area contributed by atoms with Gasteiger partial charge < -0.3 is 15.4 Å². The largest absolute Gasteiger partial charge is 0.491 e. The topological polar surface area (TPSA) is 67.4 Å². The van der Waals surface area contributed by atoms with E-state index < -0.39 is 0 Å². The van der Waals surface area contributed by atoms with Gasteiger partial charge in [0.05, 0.1) is 25.1 Å². The van der Waals surface area contributed by atoms with Gasteiger partial charge in [-0.2, -0.15) is 0 Å². The second-order valence-corrected chi connectivity index (χ2v) is 5.51. The Morgan fingerprint density at radius 3 is 2.91 bits per heavy atom. The van der Waals surface area contributed by atoms with Crippen LogP contribution in [-0.4, -0.2) is 18.4 Å². The zero-order valence-corrected chi connectivity index (χ0v) is 12.9. The molecule has 0 saturated carbocycles. The highest BCUT2D eigenvalue weighted by molar-refractivity contribution is 5.96. The van der Waals surface area contributed by atoms with Crippen LogP contribution in [0.25, 0.3) is 0 Å². The fraction of sp³-hybridized carbons (Fsp3) is 0.222. The number of benzene rings is 2. The third kappa shape index (κ3) is 3.69. The standard InChI is InChI=1S/C18H18N2O3/c1-12-4-2-3-5-13(12)10-18(22)19-14-6-7-16-15(11-14)20-17(21)8-9-23-16/h2-7,11H,8-10H2,1H3,(H,19,22)(H,20,21). The minimum absolute atomic E-state index is 0.0906. The molecule has 5 heteroatoms. The number of aryl methyl sites for hydroxylation is 1. The Morgan fingerprint density at radius 1 is 1.26 bits per heavy atom. The van der Waals surface area contributed by atoms with E-state index in [-0.39, 0.29) is 11.8 Å². The van der Waals surface area contributed by atoms with Gasteiger partial charge in [0.15, 0.2) is 0 Å². The van der Waals surface area contributed by atoms with E-state index >= 15 is 0 Å². The summed E-state index contributed by atoms with van der Waals surface area (Å²) < 4.78 is 5.49. The maximum atomic E-state index is 12.2. The van der Waals surface area contributed by atoms with E-state index in [0.29, 0.717) is 36.6 Å². The van der Waals surface area contributed by atoms with Crippen molar-refractivity contribution in [2.75, 3.05) is 17.2 Å². The summed E-state index contributed by atoms with van der Waals surface area (Å²) in [5, 5.41) is 5.64. The number of hydrogen-bond acceptors (Lipinski definition) is 3. The molecule has 0 fully saturated rings. The molecule has 2 amide bonds. The number of anilines is 2. The fourth-order valence-corrected chi connectivity index (χ4v) is 2.48. The predicted molar refractivity (Wildman–Crippen MR) is 88.7 cm³/mol. The molecule has 3 rings (SSSR count). The van der Waals surface area contributed by atoms with E-state index in [0.717, 1.165) is 11.1 Å². The highest BCUT2D eigenvalue weighted by Crippen LogP contribution is 2.30. The predicted octanol–water partition coefficient (Wildman–Crippen LogP) is 2.90. The van der Waals surface area contributed by atoms with Gasteiger partial charge in [0.1, 0.15) is 5.75 Å². The fourth-order valence-electron chi connectivity index (χ4n) is 2.48. The first-order chi connectivity index (χ1) is 11.1. The molecule has 0 radical (unpaired) electrons. The summed E-state index contributed by atoms with van der Waals surface area (Å²) in [5.41, 5.74) is 3.30. The van der Waals surface area contributed by atoms with Crippen molar-refractivity contribution >= 4 is 23.2 Å². The number of carbonyl (C=O) groups is 2. The minimum Gasteiger partial charge on any atom is -0.491 e. The Balaban J connectivity index is 1.72. The number of amides is 2. The second kappa shape index (κ2) is 6.52. The highest BCUT2D eigenvalue weighted by atomic mass is 16.5. The molecule has 1 heterocycles. The van der Waals surface area contributed by atoms with E-state index in [4.69, 9.17) is 4.74 Å². The molecular formula is C18H18N2O3. The average molecular weight is 310 g/mol. The minimum atomic E-state index is -0.0971. The third-order valence-corrected chi connectivity index (χ3v) is 3.74. The summed E-state index contributed by atoms with van der Waals surface area (Å²) in [6.07, 6.45) is 0.635. The first kappa shape index (κ1) is 15.1. The van der Waals surface area contributed by atoms with E-state index in [1.807, 2.05) is 31.2 Å². The monoisotopic (exact) mass is 310 g/mol. The summed E-state index contributed by atoms with van der Waals surface area (Å²) in [6, 6.07) is 13.0. The second-order valence-electron chi connectivity index (χ2n) is 5.51. The third-order valence-electron chi connectivity index (χ3n) is 3.74. The average Bonchev–Trinajstić information content (AvgIpc) is 2.69. The molecule has 1 aliphatic rings. The Labute approximate surface area is 134 Å². The van der Waals surface area contributed by atoms with E-state index in [9.17, 15) is 9.59 Å². The van der Waals surface area contributed by atoms with E-state index in [1.54, 1.807) is 18.2 Å². The van der Waals surface area contributed by atoms with Crippen molar-refractivity contribution < 1.29 is 14.3 Å². The van der Waals surface area contributed by atoms with Crippen LogP contribution in [0.4, 0.5) is 11.4 Å². The first-order valence-electron chi connectivity index (χ1n) is 7.53. The number of rotatable bonds is 3. The molecule has 0 aromatic heterocycles. The van der Waals surface area contributed by atoms with Crippen molar-refractivity contribution in [3.8, 4) is 5.75 Å². The van der Waals surface area contributed by atoms with Gasteiger partial charge in [-0.1, -0.05) is 24.3 Å². The van der Waals surface area contributed by atoms with Crippen LogP contribution in [0.5, 0.6) is 5.75 Å². The van der Waals surface area contributed by atoms with Crippen molar-refractivity contribution in [2.24, 2.45) is 0 Å². The molecule has 23 heavy (non-hydrogen) atoms. The molecule has 2 N–H and O–H groups in total. The Bertz CT molecular complexity index is 756. The molecule has 0 saturated heterocycles. The zero-order valence-electron chi connectivity index (χ0n) is 12.9. The number of ether oxygens (including phenoxy) is 1. The lowest BCUT2D eigenvalue weighted by Gasteiger charge is -2.11. The van der Waals surface area contributed by atoms with Gasteiger partial charge in [0.25, 0.3) is 0 Å². The summed E-state index contributed by atoms with van der Waals surface area (Å²) in [5.74, 6) is 0.431. The molecule has 2 aromatic rings. The van der Waals surface area contributed by atoms with Gasteiger partial charge in [-0.15, -0.1) is 0 Å². The smallest absolute Gasteiger partial charge is 0.228 e. The van der Waals surface area contributed by atoms with Gasteiger partial charge in [0.2, 0.25) is 11.8 Å². The maximum absolute atomic E-state index is 12.2. The molecule has 0 bridgehead atoms. The van der Waals surface area contributed by atoms with E-state index in [1.165, 1.54) is 0 Å². The molecule has 5 nitrogen and oxygen atoms in total. The number of nitrogens with one attached hydrogen (secondary N) is 2. The van der Waals surface area contributed by atoms with Gasteiger partial charge in [-0.3, -0.25) is 9.59 Å². The van der Waals surface area contributed by atoms with Crippen LogP contribution in [-0.2, 0) is 16.0 Å². The van der Waals surface area contributed by atoms with Crippen molar-refractivity contribution in [2.45, 2.75) is 19.8 Å². The van der Waals surface area contributed by atoms with Gasteiger partial charge in [-0.25, -0.2) is 0 Å². The first-order valence-corrected chi connectivity index (χ1v) is 7.53. The number of hydrogen-bond donors (Lipinski definition) is 2. The van der Waals surface area contributed by atoms with Crippen LogP contribution < -0.4 is 15.4 Å². The van der Waals surface area contributed by atoms with Crippen molar-refractivity contribution in [3.05, 3.63) is 53.6 Å². The van der Waals surface area contributed by atoms with Crippen LogP contribution in [0.1, 0.15) is 17.5 Å². The van der Waals surface area contributed by atoms with Crippen molar-refractivity contribution in [3.63, 3.8) is 0 Å². The summed E-state index contributed by atoms with van der Waals surface area (Å²) in [6.45, 7) is 2.34. The lowest BCUT2D eigenvalue weighted by Crippen LogP contribution is -2.15. The van der Waals surface area contributed by atoms with E-state index in [2.05, 4.69) is 10.6 Å². The normalized spacial score (nSPS) is 13.3. The zero-order chi connectivity index (χ0) is 16.2. The van der Waals surface area contributed by atoms with Crippen LogP contribution in [0.15, 0.2) is 42.5 Å². The van der Waals surface area contributed by atoms with Crippen molar-refractivity contribution in [1.29, 1.82) is 0 Å². The van der Waals surface area contributed by atoms with Crippen LogP contribution in [0.2, 0.25) is 0 Å². The molecule has 0 spiro atoms. The van der Waals surface area contributed by atoms with Gasteiger partial charge >= 0.3 is 0 Å². The van der Waals surface area contributed by atoms with Crippen LogP contribution in [0.3, 0.4) is 0 Å². The summed E-state index contributed by atoms with van der Waals surface area (Å²) >= 11 is 0. The number of carbonyl (C=O) groups excluding carboxylic acids is 2. The van der Waals surface area contributed by atoms with Gasteiger partial charge in [-0.05, 0) is 36.2 Å². The molecule has 118 valence electrons. The Hall–Kier alpha value is -2.82. The van der Waals surface area contributed by atoms with Crippen LogP contribution in [0, 0.1) is 6.92 Å². The molecule has 0 atom stereocenters. The molecule has 0 aliphatic carbocycles. The Morgan fingerprint density at radius 2 is 2.09 bits per heavy atom. The van der Waals surface area contributed by atoms with Gasteiger partial charge in [0, 0.05) is 5.69 Å². The summed E-state index contributed by atoms with van der Waals surface area (Å²) in [7, 11) is 0. The number of fused-ring (bicyclic) bond motifs is 1. The SMILES string of the molecule is Cc1ccccc1CC(=O)Nc1ccc2c(c1)NC(=O)CCO2. The lowest BCUT2D eigenvalue weighted by molar-refractivity contribution is -0.116.